The van der Waals surface area contributed by atoms with Gasteiger partial charge < -0.3 is 4.74 Å². The molecule has 0 unspecified atom stereocenters. The Labute approximate surface area is 84.7 Å². The van der Waals surface area contributed by atoms with E-state index < -0.39 is 0 Å². The second-order valence-corrected chi connectivity index (χ2v) is 3.87. The van der Waals surface area contributed by atoms with Crippen molar-refractivity contribution in [3.05, 3.63) is 47.2 Å². The molecule has 1 aromatic carbocycles. The third-order valence-electron chi connectivity index (χ3n) is 2.57. The predicted molar refractivity (Wildman–Crippen MR) is 57.9 cm³/mol. The van der Waals surface area contributed by atoms with Crippen molar-refractivity contribution in [3.8, 4) is 0 Å². The molecule has 0 spiro atoms. The highest BCUT2D eigenvalue weighted by atomic mass is 16.5. The van der Waals surface area contributed by atoms with Crippen LogP contribution in [0.25, 0.3) is 5.76 Å². The number of fused-ring (bicyclic) bond motifs is 1. The van der Waals surface area contributed by atoms with E-state index >= 15 is 0 Å². The van der Waals surface area contributed by atoms with Crippen molar-refractivity contribution in [3.63, 3.8) is 0 Å². The summed E-state index contributed by atoms with van der Waals surface area (Å²) in [6.07, 6.45) is 0. The molecule has 0 aromatic heterocycles. The normalized spacial score (nSPS) is 13.8. The van der Waals surface area contributed by atoms with Gasteiger partial charge in [-0.1, -0.05) is 38.3 Å². The molecule has 0 radical (unpaired) electrons. The van der Waals surface area contributed by atoms with Crippen molar-refractivity contribution >= 4 is 5.76 Å². The summed E-state index contributed by atoms with van der Waals surface area (Å²) >= 11 is 0. The maximum absolute atomic E-state index is 5.45. The highest BCUT2D eigenvalue weighted by Gasteiger charge is 2.17. The summed E-state index contributed by atoms with van der Waals surface area (Å²) in [4.78, 5) is 0. The van der Waals surface area contributed by atoms with Crippen molar-refractivity contribution in [1.82, 2.24) is 0 Å². The molecule has 0 fully saturated rings. The van der Waals surface area contributed by atoms with Gasteiger partial charge in [-0.25, -0.2) is 0 Å². The van der Waals surface area contributed by atoms with E-state index in [9.17, 15) is 0 Å². The van der Waals surface area contributed by atoms with Crippen LogP contribution in [0, 0.1) is 0 Å². The van der Waals surface area contributed by atoms with Crippen LogP contribution in [0.4, 0.5) is 0 Å². The van der Waals surface area contributed by atoms with Crippen molar-refractivity contribution < 1.29 is 4.74 Å². The molecule has 0 aliphatic carbocycles. The van der Waals surface area contributed by atoms with Gasteiger partial charge in [-0.05, 0) is 17.5 Å². The molecule has 1 heteroatoms. The lowest BCUT2D eigenvalue weighted by molar-refractivity contribution is 0.286. The largest absolute Gasteiger partial charge is 0.481 e. The van der Waals surface area contributed by atoms with Gasteiger partial charge in [-0.15, -0.1) is 0 Å². The number of benzene rings is 1. The maximum Gasteiger partial charge on any atom is 0.169 e. The van der Waals surface area contributed by atoms with Crippen LogP contribution >= 0.6 is 0 Å². The van der Waals surface area contributed by atoms with Crippen LogP contribution in [0.5, 0.6) is 0 Å². The highest BCUT2D eigenvalue weighted by molar-refractivity contribution is 5.65. The molecular weight excluding hydrogens is 172 g/mol. The van der Waals surface area contributed by atoms with E-state index in [0.717, 1.165) is 11.3 Å². The minimum atomic E-state index is 0.567. The third-order valence-corrected chi connectivity index (χ3v) is 2.57. The summed E-state index contributed by atoms with van der Waals surface area (Å²) in [5.74, 6) is 1.35. The lowest BCUT2D eigenvalue weighted by Crippen LogP contribution is -1.90. The Morgan fingerprint density at radius 1 is 1.43 bits per heavy atom. The molecule has 0 saturated heterocycles. The smallest absolute Gasteiger partial charge is 0.169 e. The Morgan fingerprint density at radius 2 is 2.21 bits per heavy atom. The summed E-state index contributed by atoms with van der Waals surface area (Å²) in [5.41, 5.74) is 6.57. The minimum absolute atomic E-state index is 0.567. The molecule has 1 aliphatic rings. The van der Waals surface area contributed by atoms with Gasteiger partial charge in [0.25, 0.3) is 0 Å². The van der Waals surface area contributed by atoms with Gasteiger partial charge in [0.2, 0.25) is 0 Å². The summed E-state index contributed by atoms with van der Waals surface area (Å²) < 4.78 is 5.45. The highest BCUT2D eigenvalue weighted by Crippen LogP contribution is 2.30. The van der Waals surface area contributed by atoms with Crippen LogP contribution < -0.4 is 0 Å². The Kier molecular flexibility index (Phi) is 2.18. The average Bonchev–Trinajstić information content (AvgIpc) is 2.59. The minimum Gasteiger partial charge on any atom is -0.481 e. The fourth-order valence-electron chi connectivity index (χ4n) is 1.69. The van der Waals surface area contributed by atoms with E-state index in [0.29, 0.717) is 12.5 Å². The van der Waals surface area contributed by atoms with Crippen LogP contribution in [0.1, 0.15) is 36.5 Å². The number of ether oxygens (including phenoxy) is 1. The topological polar surface area (TPSA) is 9.23 Å². The SMILES string of the molecule is C=C=C1OCc2cc(C(C)C)ccc21. The Bertz CT molecular complexity index is 409. The summed E-state index contributed by atoms with van der Waals surface area (Å²) in [6.45, 7) is 8.66. The molecular formula is C13H14O. The van der Waals surface area contributed by atoms with Crippen molar-refractivity contribution in [2.24, 2.45) is 0 Å². The Hall–Kier alpha value is -1.46. The fraction of sp³-hybridized carbons (Fsp3) is 0.308. The Balaban J connectivity index is 2.49. The van der Waals surface area contributed by atoms with Crippen molar-refractivity contribution in [2.45, 2.75) is 26.4 Å². The summed E-state index contributed by atoms with van der Waals surface area (Å²) in [6, 6.07) is 6.46. The number of rotatable bonds is 1. The van der Waals surface area contributed by atoms with Crippen molar-refractivity contribution in [1.29, 1.82) is 0 Å². The van der Waals surface area contributed by atoms with Gasteiger partial charge in [0.15, 0.2) is 5.76 Å². The molecule has 1 heterocycles. The van der Waals surface area contributed by atoms with E-state index in [1.54, 1.807) is 0 Å². The molecule has 0 atom stereocenters. The quantitative estimate of drug-likeness (QED) is 0.610. The molecule has 0 bridgehead atoms. The van der Waals surface area contributed by atoms with Gasteiger partial charge in [-0.2, -0.15) is 0 Å². The molecule has 14 heavy (non-hydrogen) atoms. The summed E-state index contributed by atoms with van der Waals surface area (Å²) in [7, 11) is 0. The first-order valence-electron chi connectivity index (χ1n) is 4.88. The molecule has 0 N–H and O–H groups in total. The van der Waals surface area contributed by atoms with E-state index in [1.807, 2.05) is 0 Å². The van der Waals surface area contributed by atoms with Gasteiger partial charge in [0.1, 0.15) is 6.61 Å². The maximum atomic E-state index is 5.45. The van der Waals surface area contributed by atoms with Crippen molar-refractivity contribution in [2.75, 3.05) is 0 Å². The van der Waals surface area contributed by atoms with Gasteiger partial charge in [-0.3, -0.25) is 0 Å². The first-order valence-corrected chi connectivity index (χ1v) is 4.88. The zero-order valence-electron chi connectivity index (χ0n) is 8.63. The fourth-order valence-corrected chi connectivity index (χ4v) is 1.69. The molecule has 2 rings (SSSR count). The van der Waals surface area contributed by atoms with Gasteiger partial charge >= 0.3 is 0 Å². The molecule has 1 aliphatic heterocycles. The lowest BCUT2D eigenvalue weighted by Gasteiger charge is -2.05. The summed E-state index contributed by atoms with van der Waals surface area (Å²) in [5, 5.41) is 0. The van der Waals surface area contributed by atoms with E-state index in [2.05, 4.69) is 44.4 Å². The first-order chi connectivity index (χ1) is 6.72. The average molecular weight is 186 g/mol. The van der Waals surface area contributed by atoms with Crippen LogP contribution in [-0.2, 0) is 11.3 Å². The monoisotopic (exact) mass is 186 g/mol. The van der Waals surface area contributed by atoms with Crippen LogP contribution in [0.2, 0.25) is 0 Å². The Morgan fingerprint density at radius 3 is 2.86 bits per heavy atom. The van der Waals surface area contributed by atoms with E-state index in [4.69, 9.17) is 4.74 Å². The molecule has 72 valence electrons. The number of hydrogen-bond donors (Lipinski definition) is 0. The molecule has 0 amide bonds. The van der Waals surface area contributed by atoms with Gasteiger partial charge in [0.05, 0.1) is 0 Å². The predicted octanol–water partition coefficient (Wildman–Crippen LogP) is 3.47. The second kappa shape index (κ2) is 3.36. The molecule has 1 nitrogen and oxygen atoms in total. The third kappa shape index (κ3) is 1.36. The zero-order chi connectivity index (χ0) is 10.1. The standard InChI is InChI=1S/C13H14O/c1-4-13-12-6-5-10(9(2)3)7-11(12)8-14-13/h5-7,9H,1,8H2,2-3H3. The zero-order valence-corrected chi connectivity index (χ0v) is 8.63. The number of hydrogen-bond acceptors (Lipinski definition) is 1. The van der Waals surface area contributed by atoms with Gasteiger partial charge in [0, 0.05) is 11.1 Å². The van der Waals surface area contributed by atoms with Crippen LogP contribution in [0.15, 0.2) is 30.5 Å². The van der Waals surface area contributed by atoms with Crippen LogP contribution in [0.3, 0.4) is 0 Å². The first kappa shape index (κ1) is 9.11. The van der Waals surface area contributed by atoms with E-state index in [1.165, 1.54) is 11.1 Å². The lowest BCUT2D eigenvalue weighted by atomic mass is 9.98. The van der Waals surface area contributed by atoms with Crippen LogP contribution in [-0.4, -0.2) is 0 Å². The van der Waals surface area contributed by atoms with E-state index in [-0.39, 0.29) is 0 Å². The molecule has 0 saturated carbocycles. The molecule has 1 aromatic rings. The second-order valence-electron chi connectivity index (χ2n) is 3.87.